The molecule has 1 heterocycles. The number of rotatable bonds is 5. The first-order valence-corrected chi connectivity index (χ1v) is 6.91. The number of nitrogens with one attached hydrogen (secondary N) is 1. The highest BCUT2D eigenvalue weighted by atomic mass is 35.5. The molecule has 22 heavy (non-hydrogen) atoms. The lowest BCUT2D eigenvalue weighted by atomic mass is 10.00. The van der Waals surface area contributed by atoms with Crippen molar-refractivity contribution in [3.05, 3.63) is 42.5 Å². The van der Waals surface area contributed by atoms with Gasteiger partial charge in [-0.3, -0.25) is 4.90 Å². The summed E-state index contributed by atoms with van der Waals surface area (Å²) in [5, 5.41) is 3.24. The molecule has 1 N–H and O–H groups in total. The monoisotopic (exact) mass is 336 g/mol. The minimum atomic E-state index is -4.68. The van der Waals surface area contributed by atoms with Crippen LogP contribution < -0.4 is 10.1 Å². The van der Waals surface area contributed by atoms with Crippen molar-refractivity contribution in [2.75, 3.05) is 26.2 Å². The molecule has 1 fully saturated rings. The van der Waals surface area contributed by atoms with Crippen LogP contribution in [-0.4, -0.2) is 37.4 Å². The van der Waals surface area contributed by atoms with E-state index in [1.807, 2.05) is 0 Å². The van der Waals surface area contributed by atoms with Crippen LogP contribution in [0.5, 0.6) is 5.75 Å². The zero-order chi connectivity index (χ0) is 15.3. The minimum absolute atomic E-state index is 0. The molecule has 0 radical (unpaired) electrons. The van der Waals surface area contributed by atoms with Gasteiger partial charge in [0.2, 0.25) is 0 Å². The quantitative estimate of drug-likeness (QED) is 0.833. The summed E-state index contributed by atoms with van der Waals surface area (Å²) in [6.45, 7) is 6.96. The van der Waals surface area contributed by atoms with E-state index in [4.69, 9.17) is 0 Å². The average molecular weight is 337 g/mol. The molecule has 0 saturated carbocycles. The number of ether oxygens (including phenoxy) is 1. The molecule has 0 spiro atoms. The van der Waals surface area contributed by atoms with Gasteiger partial charge < -0.3 is 10.1 Å². The lowest BCUT2D eigenvalue weighted by molar-refractivity contribution is -0.275. The second-order valence-electron chi connectivity index (χ2n) is 4.91. The Balaban J connectivity index is 0.00000242. The van der Waals surface area contributed by atoms with Crippen molar-refractivity contribution in [2.45, 2.75) is 18.8 Å². The first kappa shape index (κ1) is 18.8. The van der Waals surface area contributed by atoms with Gasteiger partial charge in [-0.1, -0.05) is 24.3 Å². The summed E-state index contributed by atoms with van der Waals surface area (Å²) in [6.07, 6.45) is -2.37. The molecule has 124 valence electrons. The van der Waals surface area contributed by atoms with Crippen molar-refractivity contribution in [2.24, 2.45) is 0 Å². The van der Waals surface area contributed by atoms with Crippen molar-refractivity contribution in [1.82, 2.24) is 10.2 Å². The Morgan fingerprint density at radius 2 is 1.91 bits per heavy atom. The van der Waals surface area contributed by atoms with Crippen LogP contribution in [0.4, 0.5) is 13.2 Å². The average Bonchev–Trinajstić information content (AvgIpc) is 2.45. The third-order valence-electron chi connectivity index (χ3n) is 3.49. The lowest BCUT2D eigenvalue weighted by Crippen LogP contribution is -2.45. The van der Waals surface area contributed by atoms with Gasteiger partial charge in [0.25, 0.3) is 0 Å². The topological polar surface area (TPSA) is 24.5 Å². The second kappa shape index (κ2) is 8.41. The zero-order valence-corrected chi connectivity index (χ0v) is 12.9. The molecule has 0 aliphatic carbocycles. The van der Waals surface area contributed by atoms with E-state index >= 15 is 0 Å². The Labute approximate surface area is 134 Å². The lowest BCUT2D eigenvalue weighted by Gasteiger charge is -2.35. The molecule has 3 nitrogen and oxygen atoms in total. The van der Waals surface area contributed by atoms with E-state index in [9.17, 15) is 13.2 Å². The van der Waals surface area contributed by atoms with Gasteiger partial charge in [-0.05, 0) is 12.5 Å². The molecule has 1 aromatic rings. The van der Waals surface area contributed by atoms with Gasteiger partial charge >= 0.3 is 6.36 Å². The van der Waals surface area contributed by atoms with Gasteiger partial charge in [0.05, 0.1) is 0 Å². The molecule has 1 atom stereocenters. The molecule has 0 bridgehead atoms. The van der Waals surface area contributed by atoms with Crippen molar-refractivity contribution < 1.29 is 17.9 Å². The number of halogens is 4. The maximum atomic E-state index is 12.5. The van der Waals surface area contributed by atoms with Gasteiger partial charge in [-0.25, -0.2) is 0 Å². The molecular formula is C15H20ClF3N2O. The number of para-hydroxylation sites is 1. The Bertz CT molecular complexity index is 476. The summed E-state index contributed by atoms with van der Waals surface area (Å²) in [5.74, 6) is -0.129. The van der Waals surface area contributed by atoms with Gasteiger partial charge in [-0.2, -0.15) is 0 Å². The maximum Gasteiger partial charge on any atom is 0.573 e. The SMILES string of the molecule is C=CC[C@@H](c1ccccc1OC(F)(F)F)N1CCNCC1.Cl. The predicted octanol–water partition coefficient (Wildman–Crippen LogP) is 3.53. The summed E-state index contributed by atoms with van der Waals surface area (Å²) in [7, 11) is 0. The molecule has 1 saturated heterocycles. The molecule has 0 unspecified atom stereocenters. The van der Waals surface area contributed by atoms with E-state index in [-0.39, 0.29) is 24.2 Å². The Morgan fingerprint density at radius 1 is 1.27 bits per heavy atom. The molecule has 2 rings (SSSR count). The number of nitrogens with zero attached hydrogens (tertiary/aromatic N) is 1. The third-order valence-corrected chi connectivity index (χ3v) is 3.49. The van der Waals surface area contributed by atoms with E-state index in [2.05, 4.69) is 21.5 Å². The summed E-state index contributed by atoms with van der Waals surface area (Å²) >= 11 is 0. The van der Waals surface area contributed by atoms with E-state index in [1.165, 1.54) is 6.07 Å². The number of piperazine rings is 1. The van der Waals surface area contributed by atoms with E-state index in [0.29, 0.717) is 12.0 Å². The normalized spacial score (nSPS) is 17.4. The van der Waals surface area contributed by atoms with Crippen LogP contribution in [0.3, 0.4) is 0 Å². The van der Waals surface area contributed by atoms with Crippen LogP contribution in [0.25, 0.3) is 0 Å². The fourth-order valence-corrected chi connectivity index (χ4v) is 2.60. The largest absolute Gasteiger partial charge is 0.573 e. The van der Waals surface area contributed by atoms with Crippen molar-refractivity contribution in [3.63, 3.8) is 0 Å². The number of hydrogen-bond acceptors (Lipinski definition) is 3. The molecule has 0 aromatic heterocycles. The van der Waals surface area contributed by atoms with Crippen LogP contribution in [0.2, 0.25) is 0 Å². The highest BCUT2D eigenvalue weighted by Crippen LogP contribution is 2.35. The van der Waals surface area contributed by atoms with Crippen molar-refractivity contribution in [1.29, 1.82) is 0 Å². The summed E-state index contributed by atoms with van der Waals surface area (Å²) in [4.78, 5) is 2.16. The zero-order valence-electron chi connectivity index (χ0n) is 12.1. The Hall–Kier alpha value is -1.24. The van der Waals surface area contributed by atoms with Crippen LogP contribution in [-0.2, 0) is 0 Å². The number of benzene rings is 1. The second-order valence-corrected chi connectivity index (χ2v) is 4.91. The summed E-state index contributed by atoms with van der Waals surface area (Å²) < 4.78 is 41.8. The standard InChI is InChI=1S/C15H19F3N2O.ClH/c1-2-5-13(20-10-8-19-9-11-20)12-6-3-4-7-14(12)21-15(16,17)18;/h2-4,6-7,13,19H,1,5,8-11H2;1H/t13-;/m0./s1. The predicted molar refractivity (Wildman–Crippen MR) is 82.4 cm³/mol. The smallest absolute Gasteiger partial charge is 0.405 e. The molecule has 1 aromatic carbocycles. The highest BCUT2D eigenvalue weighted by Gasteiger charge is 2.33. The molecule has 1 aliphatic heterocycles. The van der Waals surface area contributed by atoms with Gasteiger partial charge in [0.1, 0.15) is 5.75 Å². The molecule has 1 aliphatic rings. The fourth-order valence-electron chi connectivity index (χ4n) is 2.60. The first-order valence-electron chi connectivity index (χ1n) is 6.91. The number of hydrogen-bond donors (Lipinski definition) is 1. The van der Waals surface area contributed by atoms with Gasteiger partial charge in [-0.15, -0.1) is 32.2 Å². The Morgan fingerprint density at radius 3 is 2.50 bits per heavy atom. The van der Waals surface area contributed by atoms with E-state index < -0.39 is 6.36 Å². The number of alkyl halides is 3. The van der Waals surface area contributed by atoms with E-state index in [0.717, 1.165) is 26.2 Å². The maximum absolute atomic E-state index is 12.5. The summed E-state index contributed by atoms with van der Waals surface area (Å²) in [6, 6.07) is 6.19. The minimum Gasteiger partial charge on any atom is -0.405 e. The molecule has 0 amide bonds. The van der Waals surface area contributed by atoms with Crippen LogP contribution in [0.15, 0.2) is 36.9 Å². The van der Waals surface area contributed by atoms with Crippen LogP contribution >= 0.6 is 12.4 Å². The van der Waals surface area contributed by atoms with E-state index in [1.54, 1.807) is 24.3 Å². The highest BCUT2D eigenvalue weighted by molar-refractivity contribution is 5.85. The van der Waals surface area contributed by atoms with Gasteiger partial charge in [0, 0.05) is 37.8 Å². The first-order chi connectivity index (χ1) is 10.0. The van der Waals surface area contributed by atoms with Crippen molar-refractivity contribution >= 4 is 12.4 Å². The van der Waals surface area contributed by atoms with Crippen LogP contribution in [0.1, 0.15) is 18.0 Å². The molecule has 7 heteroatoms. The van der Waals surface area contributed by atoms with Crippen LogP contribution in [0, 0.1) is 0 Å². The fraction of sp³-hybridized carbons (Fsp3) is 0.467. The summed E-state index contributed by atoms with van der Waals surface area (Å²) in [5.41, 5.74) is 0.552. The van der Waals surface area contributed by atoms with Crippen molar-refractivity contribution in [3.8, 4) is 5.75 Å². The third kappa shape index (κ3) is 5.19. The molecular weight excluding hydrogens is 317 g/mol. The van der Waals surface area contributed by atoms with Gasteiger partial charge in [0.15, 0.2) is 0 Å². The Kier molecular flexibility index (Phi) is 7.19.